The van der Waals surface area contributed by atoms with Gasteiger partial charge in [-0.1, -0.05) is 88.7 Å². The third kappa shape index (κ3) is 5.90. The summed E-state index contributed by atoms with van der Waals surface area (Å²) in [5, 5.41) is 5.48. The molecule has 3 amide bonds. The zero-order valence-electron chi connectivity index (χ0n) is 21.4. The first-order valence-electron chi connectivity index (χ1n) is 12.5. The number of Topliss-reactive ketones (excluding diaryl/α,β-unsaturated/α-hetero) is 1. The van der Waals surface area contributed by atoms with Crippen molar-refractivity contribution in [2.75, 3.05) is 16.8 Å². The summed E-state index contributed by atoms with van der Waals surface area (Å²) in [7, 11) is 0. The Labute approximate surface area is 248 Å². The molecular weight excluding hydrogens is 636 g/mol. The topological polar surface area (TPSA) is 90.9 Å². The third-order valence-corrected chi connectivity index (χ3v) is 7.60. The molecule has 2 N–H and O–H groups in total. The van der Waals surface area contributed by atoms with Crippen LogP contribution < -0.4 is 15.5 Å². The van der Waals surface area contributed by atoms with Crippen LogP contribution in [0.25, 0.3) is 0 Å². The van der Waals surface area contributed by atoms with Crippen LogP contribution in [-0.2, 0) is 4.79 Å². The second kappa shape index (κ2) is 12.0. The van der Waals surface area contributed by atoms with Gasteiger partial charge in [-0.3, -0.25) is 9.59 Å². The summed E-state index contributed by atoms with van der Waals surface area (Å²) < 4.78 is 1.50. The molecule has 0 unspecified atom stereocenters. The van der Waals surface area contributed by atoms with Gasteiger partial charge in [-0.2, -0.15) is 0 Å². The van der Waals surface area contributed by atoms with Gasteiger partial charge >= 0.3 is 6.03 Å². The van der Waals surface area contributed by atoms with Crippen LogP contribution in [-0.4, -0.2) is 36.1 Å². The van der Waals surface area contributed by atoms with E-state index in [1.165, 1.54) is 4.90 Å². The number of benzene rings is 4. The average molecular weight is 660 g/mol. The third-order valence-electron chi connectivity index (χ3n) is 6.45. The number of nitrogens with one attached hydrogen (secondary N) is 2. The monoisotopic (exact) mass is 658 g/mol. The Balaban J connectivity index is 1.54. The van der Waals surface area contributed by atoms with Gasteiger partial charge in [0.15, 0.2) is 5.78 Å². The molecule has 4 aromatic rings. The summed E-state index contributed by atoms with van der Waals surface area (Å²) in [5.41, 5.74) is 4.39. The van der Waals surface area contributed by atoms with E-state index >= 15 is 0 Å². The van der Waals surface area contributed by atoms with Crippen LogP contribution in [0, 0.1) is 6.92 Å². The molecule has 0 saturated heterocycles. The number of rotatable bonds is 6. The van der Waals surface area contributed by atoms with Gasteiger partial charge in [0.05, 0.1) is 23.6 Å². The summed E-state index contributed by atoms with van der Waals surface area (Å²) in [6, 6.07) is 28.7. The van der Waals surface area contributed by atoms with E-state index in [0.29, 0.717) is 32.7 Å². The molecule has 0 aromatic heterocycles. The van der Waals surface area contributed by atoms with Crippen LogP contribution >= 0.6 is 31.9 Å². The van der Waals surface area contributed by atoms with Gasteiger partial charge in [0.25, 0.3) is 5.91 Å². The number of hydrogen-bond donors (Lipinski definition) is 2. The number of carbonyl (C=O) groups is 3. The van der Waals surface area contributed by atoms with Crippen LogP contribution in [0.1, 0.15) is 27.0 Å². The molecule has 0 saturated carbocycles. The lowest BCUT2D eigenvalue weighted by molar-refractivity contribution is -0.120. The molecular formula is C31H24Br2N4O3. The summed E-state index contributed by atoms with van der Waals surface area (Å²) >= 11 is 6.83. The largest absolute Gasteiger partial charge is 0.321 e. The van der Waals surface area contributed by atoms with Crippen molar-refractivity contribution in [2.45, 2.75) is 13.1 Å². The van der Waals surface area contributed by atoms with Crippen molar-refractivity contribution in [3.05, 3.63) is 128 Å². The average Bonchev–Trinajstić information content (AvgIpc) is 3.06. The van der Waals surface area contributed by atoms with E-state index in [1.807, 2.05) is 67.6 Å². The predicted molar refractivity (Wildman–Crippen MR) is 164 cm³/mol. The van der Waals surface area contributed by atoms with Crippen molar-refractivity contribution < 1.29 is 14.4 Å². The quantitative estimate of drug-likeness (QED) is 0.225. The Morgan fingerprint density at radius 2 is 1.60 bits per heavy atom. The van der Waals surface area contributed by atoms with Gasteiger partial charge in [-0.05, 0) is 52.7 Å². The van der Waals surface area contributed by atoms with E-state index in [4.69, 9.17) is 4.99 Å². The summed E-state index contributed by atoms with van der Waals surface area (Å²) in [6.45, 7) is 1.65. The highest BCUT2D eigenvalue weighted by Crippen LogP contribution is 2.29. The minimum Gasteiger partial charge on any atom is -0.308 e. The number of amides is 3. The first kappa shape index (κ1) is 27.5. The maximum absolute atomic E-state index is 14.0. The normalized spacial score (nSPS) is 14.6. The fourth-order valence-corrected chi connectivity index (χ4v) is 5.65. The summed E-state index contributed by atoms with van der Waals surface area (Å²) in [5.74, 6) is -0.739. The van der Waals surface area contributed by atoms with Gasteiger partial charge in [-0.25, -0.2) is 9.79 Å². The Morgan fingerprint density at radius 1 is 0.900 bits per heavy atom. The number of para-hydroxylation sites is 1. The minimum atomic E-state index is -1.29. The lowest BCUT2D eigenvalue weighted by Crippen LogP contribution is -2.50. The number of halogens is 2. The number of anilines is 2. The van der Waals surface area contributed by atoms with Crippen molar-refractivity contribution in [1.82, 2.24) is 5.32 Å². The number of urea groups is 1. The van der Waals surface area contributed by atoms with Gasteiger partial charge in [-0.15, -0.1) is 0 Å². The molecule has 4 aromatic carbocycles. The molecule has 200 valence electrons. The summed E-state index contributed by atoms with van der Waals surface area (Å²) in [4.78, 5) is 46.8. The highest BCUT2D eigenvalue weighted by Gasteiger charge is 2.34. The highest BCUT2D eigenvalue weighted by molar-refractivity contribution is 9.11. The maximum atomic E-state index is 14.0. The first-order chi connectivity index (χ1) is 19.3. The second-order valence-electron chi connectivity index (χ2n) is 9.15. The highest BCUT2D eigenvalue weighted by atomic mass is 79.9. The fraction of sp³-hybridized carbons (Fsp3) is 0.0968. The number of fused-ring (bicyclic) bond motifs is 1. The SMILES string of the molecule is Cc1ccccc1C(=O)CN1C(=O)[C@H](NC(=O)Nc2ccc(Br)cc2Br)N=C(c2ccccc2)c2ccccc21. The zero-order valence-corrected chi connectivity index (χ0v) is 24.6. The molecule has 1 aliphatic rings. The molecule has 9 heteroatoms. The number of carbonyl (C=O) groups excluding carboxylic acids is 3. The van der Waals surface area contributed by atoms with E-state index in [1.54, 1.807) is 36.4 Å². The lowest BCUT2D eigenvalue weighted by Gasteiger charge is -2.25. The van der Waals surface area contributed by atoms with Gasteiger partial charge in [0, 0.05) is 25.6 Å². The van der Waals surface area contributed by atoms with Crippen LogP contribution in [0.15, 0.2) is 111 Å². The van der Waals surface area contributed by atoms with Gasteiger partial charge in [0.1, 0.15) is 0 Å². The van der Waals surface area contributed by atoms with E-state index in [-0.39, 0.29) is 12.3 Å². The van der Waals surface area contributed by atoms with Gasteiger partial charge in [0.2, 0.25) is 6.17 Å². The molecule has 5 rings (SSSR count). The predicted octanol–water partition coefficient (Wildman–Crippen LogP) is 6.73. The number of hydrogen-bond acceptors (Lipinski definition) is 4. The number of aliphatic imine (C=N–C) groups is 1. The Bertz CT molecular complexity index is 1640. The van der Waals surface area contributed by atoms with Crippen molar-refractivity contribution in [3.8, 4) is 0 Å². The first-order valence-corrected chi connectivity index (χ1v) is 14.1. The molecule has 7 nitrogen and oxygen atoms in total. The second-order valence-corrected chi connectivity index (χ2v) is 10.9. The Hall–Kier alpha value is -4.08. The molecule has 1 heterocycles. The lowest BCUT2D eigenvalue weighted by atomic mass is 9.99. The Morgan fingerprint density at radius 3 is 2.35 bits per heavy atom. The van der Waals surface area contributed by atoms with E-state index < -0.39 is 18.1 Å². The molecule has 1 atom stereocenters. The molecule has 0 aliphatic carbocycles. The standard InChI is InChI=1S/C31H24Br2N4O3/c1-19-9-5-6-12-22(19)27(38)18-37-26-14-8-7-13-23(26)28(20-10-3-2-4-11-20)35-29(30(37)39)36-31(40)34-25-16-15-21(32)17-24(25)33/h2-17,29H,18H2,1H3,(H2,34,36,40)/t29-/m0/s1. The summed E-state index contributed by atoms with van der Waals surface area (Å²) in [6.07, 6.45) is -1.29. The molecule has 0 radical (unpaired) electrons. The van der Waals surface area contributed by atoms with Crippen LogP contribution in [0.2, 0.25) is 0 Å². The van der Waals surface area contributed by atoms with Crippen LogP contribution in [0.3, 0.4) is 0 Å². The molecule has 40 heavy (non-hydrogen) atoms. The fourth-order valence-electron chi connectivity index (χ4n) is 4.50. The number of nitrogens with zero attached hydrogens (tertiary/aromatic N) is 2. The van der Waals surface area contributed by atoms with Gasteiger partial charge < -0.3 is 15.5 Å². The van der Waals surface area contributed by atoms with E-state index in [2.05, 4.69) is 42.5 Å². The van der Waals surface area contributed by atoms with Crippen molar-refractivity contribution in [2.24, 2.45) is 4.99 Å². The van der Waals surface area contributed by atoms with E-state index in [9.17, 15) is 14.4 Å². The van der Waals surface area contributed by atoms with Crippen LogP contribution in [0.5, 0.6) is 0 Å². The number of aryl methyl sites for hydroxylation is 1. The van der Waals surface area contributed by atoms with Crippen molar-refractivity contribution in [1.29, 1.82) is 0 Å². The zero-order chi connectivity index (χ0) is 28.2. The molecule has 0 fully saturated rings. The van der Waals surface area contributed by atoms with E-state index in [0.717, 1.165) is 15.6 Å². The molecule has 0 spiro atoms. The smallest absolute Gasteiger partial charge is 0.308 e. The minimum absolute atomic E-state index is 0.212. The number of benzodiazepines with no additional fused rings is 1. The number of ketones is 1. The van der Waals surface area contributed by atoms with Crippen molar-refractivity contribution >= 4 is 66.7 Å². The van der Waals surface area contributed by atoms with Crippen LogP contribution in [0.4, 0.5) is 16.2 Å². The molecule has 0 bridgehead atoms. The van der Waals surface area contributed by atoms with Crippen molar-refractivity contribution in [3.63, 3.8) is 0 Å². The Kier molecular flexibility index (Phi) is 8.23. The maximum Gasteiger partial charge on any atom is 0.321 e. The molecule has 1 aliphatic heterocycles.